The van der Waals surface area contributed by atoms with Gasteiger partial charge in [-0.1, -0.05) is 43.7 Å². The average Bonchev–Trinajstić information content (AvgIpc) is 2.62. The van der Waals surface area contributed by atoms with E-state index in [0.29, 0.717) is 39.2 Å². The first-order valence-corrected chi connectivity index (χ1v) is 8.61. The third-order valence-electron chi connectivity index (χ3n) is 4.19. The molecule has 1 saturated heterocycles. The molecule has 1 heterocycles. The molecule has 0 bridgehead atoms. The maximum Gasteiger partial charge on any atom is 0.409 e. The minimum Gasteiger partial charge on any atom is -0.449 e. The molecular formula is C18H27N3O3. The Kier molecular flexibility index (Phi) is 7.06. The van der Waals surface area contributed by atoms with Crippen LogP contribution in [-0.4, -0.2) is 60.6 Å². The van der Waals surface area contributed by atoms with Crippen molar-refractivity contribution in [3.63, 3.8) is 0 Å². The lowest BCUT2D eigenvalue weighted by atomic mass is 10.1. The lowest BCUT2D eigenvalue weighted by molar-refractivity contribution is -0.134. The first-order valence-electron chi connectivity index (χ1n) is 8.61. The van der Waals surface area contributed by atoms with E-state index in [2.05, 4.69) is 6.92 Å². The number of amides is 2. The molecule has 0 radical (unpaired) electrons. The zero-order valence-corrected chi connectivity index (χ0v) is 14.3. The number of ether oxygens (including phenoxy) is 1. The van der Waals surface area contributed by atoms with Gasteiger partial charge in [0.15, 0.2) is 0 Å². The van der Waals surface area contributed by atoms with E-state index in [1.54, 1.807) is 9.80 Å². The van der Waals surface area contributed by atoms with Crippen molar-refractivity contribution >= 4 is 12.0 Å². The minimum atomic E-state index is -0.546. The number of nitrogens with zero attached hydrogens (tertiary/aromatic N) is 2. The minimum absolute atomic E-state index is 0.0575. The molecule has 1 aromatic carbocycles. The molecule has 0 aromatic heterocycles. The molecule has 0 unspecified atom stereocenters. The molecule has 24 heavy (non-hydrogen) atoms. The Hall–Kier alpha value is -2.08. The number of unbranched alkanes of at least 4 members (excludes halogenated alkanes) is 1. The van der Waals surface area contributed by atoms with Crippen LogP contribution < -0.4 is 5.73 Å². The van der Waals surface area contributed by atoms with E-state index in [9.17, 15) is 9.59 Å². The highest BCUT2D eigenvalue weighted by molar-refractivity contribution is 5.82. The quantitative estimate of drug-likeness (QED) is 0.803. The molecule has 1 aliphatic heterocycles. The van der Waals surface area contributed by atoms with Crippen molar-refractivity contribution in [1.82, 2.24) is 9.80 Å². The fraction of sp³-hybridized carbons (Fsp3) is 0.556. The zero-order valence-electron chi connectivity index (χ0n) is 14.3. The number of nitrogens with two attached hydrogens (primary N) is 1. The molecule has 0 spiro atoms. The summed E-state index contributed by atoms with van der Waals surface area (Å²) in [5.41, 5.74) is 7.11. The molecule has 2 N–H and O–H groups in total. The Morgan fingerprint density at radius 2 is 1.75 bits per heavy atom. The first kappa shape index (κ1) is 18.3. The van der Waals surface area contributed by atoms with Crippen LogP contribution >= 0.6 is 0 Å². The second kappa shape index (κ2) is 9.27. The van der Waals surface area contributed by atoms with E-state index < -0.39 is 6.04 Å². The van der Waals surface area contributed by atoms with Gasteiger partial charge < -0.3 is 20.3 Å². The Morgan fingerprint density at radius 1 is 1.12 bits per heavy atom. The van der Waals surface area contributed by atoms with Gasteiger partial charge in [0.2, 0.25) is 5.91 Å². The summed E-state index contributed by atoms with van der Waals surface area (Å²) in [7, 11) is 0. The van der Waals surface area contributed by atoms with Crippen LogP contribution in [0.3, 0.4) is 0 Å². The topological polar surface area (TPSA) is 75.9 Å². The normalized spacial score (nSPS) is 15.9. The van der Waals surface area contributed by atoms with Gasteiger partial charge in [-0.25, -0.2) is 4.79 Å². The monoisotopic (exact) mass is 333 g/mol. The van der Waals surface area contributed by atoms with E-state index in [0.717, 1.165) is 18.4 Å². The molecule has 1 aliphatic rings. The second-order valence-corrected chi connectivity index (χ2v) is 6.08. The van der Waals surface area contributed by atoms with E-state index in [1.807, 2.05) is 30.3 Å². The maximum absolute atomic E-state index is 12.5. The Morgan fingerprint density at radius 3 is 2.38 bits per heavy atom. The highest BCUT2D eigenvalue weighted by Gasteiger charge is 2.27. The van der Waals surface area contributed by atoms with Gasteiger partial charge in [0.25, 0.3) is 0 Å². The maximum atomic E-state index is 12.5. The van der Waals surface area contributed by atoms with E-state index in [-0.39, 0.29) is 12.0 Å². The van der Waals surface area contributed by atoms with Crippen molar-refractivity contribution in [2.24, 2.45) is 5.73 Å². The second-order valence-electron chi connectivity index (χ2n) is 6.08. The summed E-state index contributed by atoms with van der Waals surface area (Å²) >= 11 is 0. The van der Waals surface area contributed by atoms with Crippen molar-refractivity contribution in [2.75, 3.05) is 32.8 Å². The van der Waals surface area contributed by atoms with Crippen LogP contribution in [-0.2, 0) is 16.0 Å². The predicted molar refractivity (Wildman–Crippen MR) is 92.5 cm³/mol. The molecule has 2 rings (SSSR count). The Labute approximate surface area is 143 Å². The molecule has 2 amide bonds. The number of piperazine rings is 1. The van der Waals surface area contributed by atoms with E-state index in [1.165, 1.54) is 0 Å². The fourth-order valence-corrected chi connectivity index (χ4v) is 2.69. The number of hydrogen-bond donors (Lipinski definition) is 1. The van der Waals surface area contributed by atoms with Crippen LogP contribution in [0.4, 0.5) is 4.79 Å². The smallest absolute Gasteiger partial charge is 0.409 e. The van der Waals surface area contributed by atoms with Gasteiger partial charge in [-0.2, -0.15) is 0 Å². The standard InChI is InChI=1S/C18H27N3O3/c1-2-3-13-24-18(23)21-11-9-20(10-12-21)17(22)16(19)14-15-7-5-4-6-8-15/h4-8,16H,2-3,9-14,19H2,1H3/t16-/m0/s1. The Bertz CT molecular complexity index is 528. The van der Waals surface area contributed by atoms with Gasteiger partial charge in [-0.3, -0.25) is 4.79 Å². The molecule has 6 nitrogen and oxygen atoms in total. The average molecular weight is 333 g/mol. The lowest BCUT2D eigenvalue weighted by Gasteiger charge is -2.35. The van der Waals surface area contributed by atoms with E-state index in [4.69, 9.17) is 10.5 Å². The molecule has 1 aromatic rings. The van der Waals surface area contributed by atoms with Crippen LogP contribution in [0.5, 0.6) is 0 Å². The number of hydrogen-bond acceptors (Lipinski definition) is 4. The van der Waals surface area contributed by atoms with Gasteiger partial charge in [0, 0.05) is 26.2 Å². The van der Waals surface area contributed by atoms with Gasteiger partial charge in [0.1, 0.15) is 0 Å². The molecule has 0 saturated carbocycles. The van der Waals surface area contributed by atoms with Crippen LogP contribution in [0.15, 0.2) is 30.3 Å². The summed E-state index contributed by atoms with van der Waals surface area (Å²) in [6.07, 6.45) is 2.11. The summed E-state index contributed by atoms with van der Waals surface area (Å²) in [5, 5.41) is 0. The molecule has 132 valence electrons. The summed E-state index contributed by atoms with van der Waals surface area (Å²) in [6, 6.07) is 9.21. The van der Waals surface area contributed by atoms with Gasteiger partial charge in [-0.15, -0.1) is 0 Å². The Balaban J connectivity index is 1.76. The number of carbonyl (C=O) groups is 2. The summed E-state index contributed by atoms with van der Waals surface area (Å²) in [4.78, 5) is 27.8. The highest BCUT2D eigenvalue weighted by atomic mass is 16.6. The van der Waals surface area contributed by atoms with Gasteiger partial charge in [0.05, 0.1) is 12.6 Å². The van der Waals surface area contributed by atoms with Crippen LogP contribution in [0.1, 0.15) is 25.3 Å². The fourth-order valence-electron chi connectivity index (χ4n) is 2.69. The van der Waals surface area contributed by atoms with Crippen LogP contribution in [0.2, 0.25) is 0 Å². The van der Waals surface area contributed by atoms with Crippen molar-refractivity contribution < 1.29 is 14.3 Å². The highest BCUT2D eigenvalue weighted by Crippen LogP contribution is 2.09. The molecule has 6 heteroatoms. The van der Waals surface area contributed by atoms with Crippen molar-refractivity contribution in [1.29, 1.82) is 0 Å². The largest absolute Gasteiger partial charge is 0.449 e. The zero-order chi connectivity index (χ0) is 17.4. The van der Waals surface area contributed by atoms with Crippen molar-refractivity contribution in [3.05, 3.63) is 35.9 Å². The van der Waals surface area contributed by atoms with Gasteiger partial charge in [-0.05, 0) is 18.4 Å². The van der Waals surface area contributed by atoms with Crippen molar-refractivity contribution in [3.8, 4) is 0 Å². The third kappa shape index (κ3) is 5.23. The summed E-state index contributed by atoms with van der Waals surface area (Å²) in [6.45, 7) is 4.51. The number of carbonyl (C=O) groups excluding carboxylic acids is 2. The van der Waals surface area contributed by atoms with Gasteiger partial charge >= 0.3 is 6.09 Å². The summed E-state index contributed by atoms with van der Waals surface area (Å²) < 4.78 is 5.20. The molecule has 0 aliphatic carbocycles. The molecular weight excluding hydrogens is 306 g/mol. The first-order chi connectivity index (χ1) is 11.6. The van der Waals surface area contributed by atoms with E-state index >= 15 is 0 Å². The van der Waals surface area contributed by atoms with Crippen LogP contribution in [0.25, 0.3) is 0 Å². The molecule has 1 fully saturated rings. The number of rotatable bonds is 6. The van der Waals surface area contributed by atoms with Crippen molar-refractivity contribution in [2.45, 2.75) is 32.2 Å². The predicted octanol–water partition coefficient (Wildman–Crippen LogP) is 1.64. The molecule has 1 atom stereocenters. The third-order valence-corrected chi connectivity index (χ3v) is 4.19. The van der Waals surface area contributed by atoms with Crippen LogP contribution in [0, 0.1) is 0 Å². The lowest BCUT2D eigenvalue weighted by Crippen LogP contribution is -2.54. The number of benzene rings is 1. The SMILES string of the molecule is CCCCOC(=O)N1CCN(C(=O)[C@@H](N)Cc2ccccc2)CC1. The summed E-state index contributed by atoms with van der Waals surface area (Å²) in [5.74, 6) is -0.0575.